The number of ketones is 2. The first-order chi connectivity index (χ1) is 8.89. The number of allylic oxidation sites excluding steroid dienone is 1. The van der Waals surface area contributed by atoms with Crippen LogP contribution in [0.5, 0.6) is 5.75 Å². The fourth-order valence-electron chi connectivity index (χ4n) is 2.54. The predicted octanol–water partition coefficient (Wildman–Crippen LogP) is 2.46. The van der Waals surface area contributed by atoms with Gasteiger partial charge in [0.1, 0.15) is 17.1 Å². The Balaban J connectivity index is 2.23. The van der Waals surface area contributed by atoms with Gasteiger partial charge in [0.2, 0.25) is 11.6 Å². The largest absolute Gasteiger partial charge is 0.508 e. The Kier molecular flexibility index (Phi) is 2.33. The zero-order valence-electron chi connectivity index (χ0n) is 10.8. The lowest BCUT2D eigenvalue weighted by molar-refractivity contribution is -0.112. The number of fused-ring (bicyclic) bond motifs is 2. The molecule has 0 saturated carbocycles. The standard InChI is InChI=1S/C15H14O4/c1-15(2)6-5-10-12(17)13(18)11-7-8(16)3-4-9(11)14(10)19-15/h3-4,7,16H,5-6H2,1-2H3. The summed E-state index contributed by atoms with van der Waals surface area (Å²) in [4.78, 5) is 24.1. The van der Waals surface area contributed by atoms with Crippen molar-refractivity contribution in [2.45, 2.75) is 32.3 Å². The second-order valence-corrected chi connectivity index (χ2v) is 5.56. The van der Waals surface area contributed by atoms with Crippen molar-refractivity contribution in [3.8, 4) is 5.75 Å². The molecule has 1 aliphatic carbocycles. The molecule has 0 saturated heterocycles. The number of aromatic hydroxyl groups is 1. The minimum atomic E-state index is -0.562. The maximum atomic E-state index is 12.1. The van der Waals surface area contributed by atoms with Crippen molar-refractivity contribution >= 4 is 17.3 Å². The van der Waals surface area contributed by atoms with Crippen molar-refractivity contribution in [1.82, 2.24) is 0 Å². The van der Waals surface area contributed by atoms with Gasteiger partial charge in [0.25, 0.3) is 0 Å². The molecule has 1 heterocycles. The van der Waals surface area contributed by atoms with E-state index < -0.39 is 11.6 Å². The lowest BCUT2D eigenvalue weighted by atomic mass is 9.82. The van der Waals surface area contributed by atoms with Crippen LogP contribution in [0.2, 0.25) is 0 Å². The van der Waals surface area contributed by atoms with Crippen molar-refractivity contribution in [1.29, 1.82) is 0 Å². The quantitative estimate of drug-likeness (QED) is 0.726. The number of carbonyl (C=O) groups is 2. The van der Waals surface area contributed by atoms with Crippen LogP contribution < -0.4 is 0 Å². The third-order valence-electron chi connectivity index (χ3n) is 3.60. The summed E-state index contributed by atoms with van der Waals surface area (Å²) >= 11 is 0. The number of ether oxygens (including phenoxy) is 1. The highest BCUT2D eigenvalue weighted by Gasteiger charge is 2.39. The van der Waals surface area contributed by atoms with Crippen molar-refractivity contribution in [2.75, 3.05) is 0 Å². The van der Waals surface area contributed by atoms with Crippen LogP contribution in [0.1, 0.15) is 42.6 Å². The Hall–Kier alpha value is -2.10. The molecule has 1 aromatic carbocycles. The van der Waals surface area contributed by atoms with Crippen LogP contribution in [-0.4, -0.2) is 22.3 Å². The predicted molar refractivity (Wildman–Crippen MR) is 68.8 cm³/mol. The maximum Gasteiger partial charge on any atom is 0.234 e. The molecular weight excluding hydrogens is 244 g/mol. The third-order valence-corrected chi connectivity index (χ3v) is 3.60. The first-order valence-corrected chi connectivity index (χ1v) is 6.24. The second-order valence-electron chi connectivity index (χ2n) is 5.56. The zero-order chi connectivity index (χ0) is 13.8. The molecule has 0 unspecified atom stereocenters. The molecule has 0 radical (unpaired) electrons. The molecule has 0 atom stereocenters. The molecule has 0 aromatic heterocycles. The van der Waals surface area contributed by atoms with Crippen LogP contribution >= 0.6 is 0 Å². The minimum Gasteiger partial charge on any atom is -0.508 e. The first kappa shape index (κ1) is 12.0. The van der Waals surface area contributed by atoms with Gasteiger partial charge in [-0.2, -0.15) is 0 Å². The summed E-state index contributed by atoms with van der Waals surface area (Å²) in [5.74, 6) is -0.605. The van der Waals surface area contributed by atoms with Gasteiger partial charge < -0.3 is 9.84 Å². The van der Waals surface area contributed by atoms with Crippen molar-refractivity contribution in [2.24, 2.45) is 0 Å². The molecule has 98 valence electrons. The highest BCUT2D eigenvalue weighted by Crippen LogP contribution is 2.41. The van der Waals surface area contributed by atoms with Gasteiger partial charge in [0, 0.05) is 16.7 Å². The minimum absolute atomic E-state index is 0.0287. The number of hydrogen-bond acceptors (Lipinski definition) is 4. The monoisotopic (exact) mass is 258 g/mol. The maximum absolute atomic E-state index is 12.1. The van der Waals surface area contributed by atoms with E-state index in [1.54, 1.807) is 6.07 Å². The topological polar surface area (TPSA) is 63.6 Å². The fraction of sp³-hybridized carbons (Fsp3) is 0.333. The summed E-state index contributed by atoms with van der Waals surface area (Å²) in [6.45, 7) is 3.91. The molecule has 0 amide bonds. The Morgan fingerprint density at radius 2 is 1.89 bits per heavy atom. The van der Waals surface area contributed by atoms with E-state index >= 15 is 0 Å². The number of carbonyl (C=O) groups excluding carboxylic acids is 2. The lowest BCUT2D eigenvalue weighted by Gasteiger charge is -2.36. The number of rotatable bonds is 0. The van der Waals surface area contributed by atoms with Crippen LogP contribution in [0.4, 0.5) is 0 Å². The van der Waals surface area contributed by atoms with Crippen molar-refractivity contribution in [3.63, 3.8) is 0 Å². The Bertz CT molecular complexity index is 638. The van der Waals surface area contributed by atoms with Crippen LogP contribution in [0, 0.1) is 0 Å². The lowest BCUT2D eigenvalue weighted by Crippen LogP contribution is -2.34. The van der Waals surface area contributed by atoms with Crippen LogP contribution in [0.15, 0.2) is 23.8 Å². The van der Waals surface area contributed by atoms with Gasteiger partial charge in [-0.05, 0) is 44.9 Å². The summed E-state index contributed by atoms with van der Waals surface area (Å²) in [6.07, 6.45) is 1.26. The molecule has 0 bridgehead atoms. The highest BCUT2D eigenvalue weighted by atomic mass is 16.5. The summed E-state index contributed by atoms with van der Waals surface area (Å²) in [6, 6.07) is 4.45. The van der Waals surface area contributed by atoms with Crippen LogP contribution in [0.3, 0.4) is 0 Å². The van der Waals surface area contributed by atoms with Crippen molar-refractivity contribution < 1.29 is 19.4 Å². The average molecular weight is 258 g/mol. The van der Waals surface area contributed by atoms with Gasteiger partial charge in [-0.1, -0.05) is 0 Å². The van der Waals surface area contributed by atoms with Gasteiger partial charge in [-0.25, -0.2) is 0 Å². The number of Topliss-reactive ketones (excluding diaryl/α,β-unsaturated/α-hetero) is 2. The molecule has 1 aromatic rings. The third kappa shape index (κ3) is 1.75. The van der Waals surface area contributed by atoms with E-state index in [9.17, 15) is 14.7 Å². The van der Waals surface area contributed by atoms with Gasteiger partial charge in [0.05, 0.1) is 0 Å². The molecule has 3 rings (SSSR count). The van der Waals surface area contributed by atoms with E-state index in [0.717, 1.165) is 0 Å². The molecule has 4 heteroatoms. The smallest absolute Gasteiger partial charge is 0.234 e. The van der Waals surface area contributed by atoms with Gasteiger partial charge in [-0.15, -0.1) is 0 Å². The van der Waals surface area contributed by atoms with Gasteiger partial charge >= 0.3 is 0 Å². The van der Waals surface area contributed by atoms with E-state index in [-0.39, 0.29) is 16.9 Å². The van der Waals surface area contributed by atoms with E-state index in [0.29, 0.717) is 29.7 Å². The summed E-state index contributed by atoms with van der Waals surface area (Å²) in [5.41, 5.74) is 0.934. The van der Waals surface area contributed by atoms with E-state index in [4.69, 9.17) is 4.74 Å². The number of phenols is 1. The Labute approximate surface area is 110 Å². The summed E-state index contributed by atoms with van der Waals surface area (Å²) in [5, 5.41) is 9.47. The van der Waals surface area contributed by atoms with E-state index in [1.807, 2.05) is 13.8 Å². The molecule has 2 aliphatic rings. The number of phenolic OH excluding ortho intramolecular Hbond substituents is 1. The number of benzene rings is 1. The van der Waals surface area contributed by atoms with Gasteiger partial charge in [0.15, 0.2) is 0 Å². The summed E-state index contributed by atoms with van der Waals surface area (Å²) in [7, 11) is 0. The molecule has 0 spiro atoms. The molecule has 19 heavy (non-hydrogen) atoms. The first-order valence-electron chi connectivity index (χ1n) is 6.24. The molecule has 1 N–H and O–H groups in total. The Morgan fingerprint density at radius 1 is 1.16 bits per heavy atom. The highest BCUT2D eigenvalue weighted by molar-refractivity contribution is 6.52. The molecule has 4 nitrogen and oxygen atoms in total. The van der Waals surface area contributed by atoms with Crippen LogP contribution in [0.25, 0.3) is 5.76 Å². The molecular formula is C15H14O4. The summed E-state index contributed by atoms with van der Waals surface area (Å²) < 4.78 is 5.89. The fourth-order valence-corrected chi connectivity index (χ4v) is 2.54. The molecule has 0 fully saturated rings. The van der Waals surface area contributed by atoms with Gasteiger partial charge in [-0.3, -0.25) is 9.59 Å². The molecule has 1 aliphatic heterocycles. The normalized spacial score (nSPS) is 20.7. The zero-order valence-corrected chi connectivity index (χ0v) is 10.8. The number of hydrogen-bond donors (Lipinski definition) is 1. The van der Waals surface area contributed by atoms with Crippen molar-refractivity contribution in [3.05, 3.63) is 34.9 Å². The van der Waals surface area contributed by atoms with E-state index in [1.165, 1.54) is 12.1 Å². The SMILES string of the molecule is CC1(C)CCC2=C(O1)c1ccc(O)cc1C(=O)C2=O. The Morgan fingerprint density at radius 3 is 2.63 bits per heavy atom. The van der Waals surface area contributed by atoms with E-state index in [2.05, 4.69) is 0 Å². The second kappa shape index (κ2) is 3.70. The van der Waals surface area contributed by atoms with Crippen LogP contribution in [-0.2, 0) is 9.53 Å². The average Bonchev–Trinajstić information content (AvgIpc) is 2.35.